The number of benzene rings is 1. The van der Waals surface area contributed by atoms with Gasteiger partial charge < -0.3 is 9.84 Å². The van der Waals surface area contributed by atoms with E-state index in [1.807, 2.05) is 6.07 Å². The predicted octanol–water partition coefficient (Wildman–Crippen LogP) is 2.43. The van der Waals surface area contributed by atoms with Crippen LogP contribution in [0.25, 0.3) is 10.1 Å². The molecule has 0 aliphatic carbocycles. The third-order valence-corrected chi connectivity index (χ3v) is 4.48. The van der Waals surface area contributed by atoms with Crippen molar-refractivity contribution in [1.29, 1.82) is 0 Å². The molecule has 0 bridgehead atoms. The Balaban J connectivity index is 1.88. The number of carbonyl (C=O) groups is 1. The maximum absolute atomic E-state index is 11.2. The monoisotopic (exact) mass is 277 g/mol. The summed E-state index contributed by atoms with van der Waals surface area (Å²) in [5, 5.41) is 10.2. The summed E-state index contributed by atoms with van der Waals surface area (Å²) >= 11 is 1.58. The summed E-state index contributed by atoms with van der Waals surface area (Å²) in [6, 6.07) is 7.54. The van der Waals surface area contributed by atoms with Gasteiger partial charge in [-0.05, 0) is 17.5 Å². The standard InChI is InChI=1S/C14H15NO3S/c16-14(17)12-3-1-2-10-8-11(19-13(10)12)9-15-4-6-18-7-5-15/h1-3,8H,4-7,9H2,(H,16,17). The van der Waals surface area contributed by atoms with Crippen molar-refractivity contribution in [3.8, 4) is 0 Å². The zero-order valence-corrected chi connectivity index (χ0v) is 11.3. The molecule has 1 fully saturated rings. The first-order valence-electron chi connectivity index (χ1n) is 6.29. The van der Waals surface area contributed by atoms with Crippen LogP contribution in [0.1, 0.15) is 15.2 Å². The van der Waals surface area contributed by atoms with Crippen molar-refractivity contribution in [1.82, 2.24) is 4.90 Å². The second-order valence-electron chi connectivity index (χ2n) is 4.63. The minimum atomic E-state index is -0.856. The molecule has 0 unspecified atom stereocenters. The van der Waals surface area contributed by atoms with E-state index in [1.165, 1.54) is 4.88 Å². The van der Waals surface area contributed by atoms with E-state index in [-0.39, 0.29) is 0 Å². The summed E-state index contributed by atoms with van der Waals surface area (Å²) in [7, 11) is 0. The minimum absolute atomic E-state index is 0.399. The van der Waals surface area contributed by atoms with Crippen LogP contribution in [0, 0.1) is 0 Å². The first kappa shape index (κ1) is 12.6. The van der Waals surface area contributed by atoms with Crippen LogP contribution in [-0.4, -0.2) is 42.3 Å². The Morgan fingerprint density at radius 3 is 2.89 bits per heavy atom. The van der Waals surface area contributed by atoms with Crippen LogP contribution in [0.4, 0.5) is 0 Å². The quantitative estimate of drug-likeness (QED) is 0.936. The molecule has 4 nitrogen and oxygen atoms in total. The number of ether oxygens (including phenoxy) is 1. The third-order valence-electron chi connectivity index (χ3n) is 3.31. The lowest BCUT2D eigenvalue weighted by Crippen LogP contribution is -2.35. The molecule has 3 rings (SSSR count). The predicted molar refractivity (Wildman–Crippen MR) is 74.9 cm³/mol. The molecule has 1 aliphatic rings. The number of carboxylic acid groups (broad SMARTS) is 1. The zero-order valence-electron chi connectivity index (χ0n) is 10.5. The van der Waals surface area contributed by atoms with Gasteiger partial charge in [0.1, 0.15) is 0 Å². The van der Waals surface area contributed by atoms with Gasteiger partial charge in [0.2, 0.25) is 0 Å². The summed E-state index contributed by atoms with van der Waals surface area (Å²) in [6.45, 7) is 4.33. The summed E-state index contributed by atoms with van der Waals surface area (Å²) in [5.74, 6) is -0.856. The third kappa shape index (κ3) is 2.63. The molecule has 19 heavy (non-hydrogen) atoms. The Morgan fingerprint density at radius 2 is 2.16 bits per heavy atom. The smallest absolute Gasteiger partial charge is 0.337 e. The van der Waals surface area contributed by atoms with Crippen LogP contribution in [0.3, 0.4) is 0 Å². The Morgan fingerprint density at radius 1 is 1.37 bits per heavy atom. The Hall–Kier alpha value is -1.43. The van der Waals surface area contributed by atoms with E-state index in [1.54, 1.807) is 23.5 Å². The number of morpholine rings is 1. The van der Waals surface area contributed by atoms with Crippen molar-refractivity contribution in [3.63, 3.8) is 0 Å². The molecule has 2 heterocycles. The van der Waals surface area contributed by atoms with Crippen LogP contribution < -0.4 is 0 Å². The highest BCUT2D eigenvalue weighted by Crippen LogP contribution is 2.29. The minimum Gasteiger partial charge on any atom is -0.478 e. The molecule has 1 saturated heterocycles. The summed E-state index contributed by atoms with van der Waals surface area (Å²) < 4.78 is 6.20. The molecule has 1 N–H and O–H groups in total. The number of hydrogen-bond acceptors (Lipinski definition) is 4. The Kier molecular flexibility index (Phi) is 3.50. The highest BCUT2D eigenvalue weighted by atomic mass is 32.1. The van der Waals surface area contributed by atoms with E-state index in [0.717, 1.165) is 42.9 Å². The SMILES string of the molecule is O=C(O)c1cccc2cc(CN3CCOCC3)sc12. The fourth-order valence-corrected chi connectivity index (χ4v) is 3.55. The van der Waals surface area contributed by atoms with Gasteiger partial charge in [0.25, 0.3) is 0 Å². The summed E-state index contributed by atoms with van der Waals surface area (Å²) in [4.78, 5) is 14.7. The van der Waals surface area contributed by atoms with E-state index in [0.29, 0.717) is 5.56 Å². The van der Waals surface area contributed by atoms with Gasteiger partial charge in [0, 0.05) is 29.2 Å². The number of carboxylic acids is 1. The van der Waals surface area contributed by atoms with Crippen molar-refractivity contribution in [2.75, 3.05) is 26.3 Å². The van der Waals surface area contributed by atoms with E-state index in [9.17, 15) is 9.90 Å². The number of aromatic carboxylic acids is 1. The van der Waals surface area contributed by atoms with Gasteiger partial charge in [-0.3, -0.25) is 4.90 Å². The second kappa shape index (κ2) is 5.28. The topological polar surface area (TPSA) is 49.8 Å². The summed E-state index contributed by atoms with van der Waals surface area (Å²) in [6.07, 6.45) is 0. The molecule has 0 amide bonds. The van der Waals surface area contributed by atoms with Crippen LogP contribution in [0.15, 0.2) is 24.3 Å². The normalized spacial score (nSPS) is 16.8. The second-order valence-corrected chi connectivity index (χ2v) is 5.77. The van der Waals surface area contributed by atoms with Crippen LogP contribution in [0.2, 0.25) is 0 Å². The van der Waals surface area contributed by atoms with Crippen LogP contribution >= 0.6 is 11.3 Å². The number of thiophene rings is 1. The Bertz CT molecular complexity index is 602. The van der Waals surface area contributed by atoms with Crippen molar-refractivity contribution >= 4 is 27.4 Å². The lowest BCUT2D eigenvalue weighted by molar-refractivity contribution is 0.0346. The fraction of sp³-hybridized carbons (Fsp3) is 0.357. The highest BCUT2D eigenvalue weighted by Gasteiger charge is 2.15. The molecule has 1 aromatic heterocycles. The van der Waals surface area contributed by atoms with Crippen molar-refractivity contribution in [2.45, 2.75) is 6.54 Å². The zero-order chi connectivity index (χ0) is 13.2. The van der Waals surface area contributed by atoms with Crippen molar-refractivity contribution in [2.24, 2.45) is 0 Å². The van der Waals surface area contributed by atoms with Crippen molar-refractivity contribution < 1.29 is 14.6 Å². The highest BCUT2D eigenvalue weighted by molar-refractivity contribution is 7.19. The average molecular weight is 277 g/mol. The lowest BCUT2D eigenvalue weighted by Gasteiger charge is -2.25. The van der Waals surface area contributed by atoms with E-state index in [4.69, 9.17) is 4.74 Å². The van der Waals surface area contributed by atoms with Gasteiger partial charge in [-0.25, -0.2) is 4.79 Å². The van der Waals surface area contributed by atoms with Gasteiger partial charge >= 0.3 is 5.97 Å². The molecule has 5 heteroatoms. The molecular formula is C14H15NO3S. The first-order chi connectivity index (χ1) is 9.24. The molecule has 0 saturated carbocycles. The molecule has 1 aromatic carbocycles. The lowest BCUT2D eigenvalue weighted by atomic mass is 10.1. The molecule has 0 radical (unpaired) electrons. The fourth-order valence-electron chi connectivity index (χ4n) is 2.34. The number of fused-ring (bicyclic) bond motifs is 1. The van der Waals surface area contributed by atoms with Gasteiger partial charge in [-0.2, -0.15) is 0 Å². The molecule has 100 valence electrons. The van der Waals surface area contributed by atoms with Crippen LogP contribution in [0.5, 0.6) is 0 Å². The number of nitrogens with zero attached hydrogens (tertiary/aromatic N) is 1. The number of hydrogen-bond donors (Lipinski definition) is 1. The van der Waals surface area contributed by atoms with E-state index < -0.39 is 5.97 Å². The number of rotatable bonds is 3. The molecular weight excluding hydrogens is 262 g/mol. The molecule has 0 atom stereocenters. The van der Waals surface area contributed by atoms with Gasteiger partial charge in [-0.15, -0.1) is 11.3 Å². The maximum atomic E-state index is 11.2. The Labute approximate surface area is 115 Å². The van der Waals surface area contributed by atoms with Crippen molar-refractivity contribution in [3.05, 3.63) is 34.7 Å². The van der Waals surface area contributed by atoms with Gasteiger partial charge in [0.05, 0.1) is 18.8 Å². The van der Waals surface area contributed by atoms with E-state index in [2.05, 4.69) is 11.0 Å². The van der Waals surface area contributed by atoms with E-state index >= 15 is 0 Å². The van der Waals surface area contributed by atoms with Crippen LogP contribution in [-0.2, 0) is 11.3 Å². The first-order valence-corrected chi connectivity index (χ1v) is 7.10. The summed E-state index contributed by atoms with van der Waals surface area (Å²) in [5.41, 5.74) is 0.399. The van der Waals surface area contributed by atoms with Gasteiger partial charge in [-0.1, -0.05) is 12.1 Å². The molecule has 1 aliphatic heterocycles. The molecule has 2 aromatic rings. The maximum Gasteiger partial charge on any atom is 0.337 e. The molecule has 0 spiro atoms. The average Bonchev–Trinajstić information content (AvgIpc) is 2.81. The largest absolute Gasteiger partial charge is 0.478 e. The van der Waals surface area contributed by atoms with Gasteiger partial charge in [0.15, 0.2) is 0 Å².